The number of aromatic nitrogens is 1. The van der Waals surface area contributed by atoms with Gasteiger partial charge >= 0.3 is 0 Å². The fourth-order valence-corrected chi connectivity index (χ4v) is 4.31. The first-order chi connectivity index (χ1) is 17.4. The topological polar surface area (TPSA) is 145 Å². The summed E-state index contributed by atoms with van der Waals surface area (Å²) in [5, 5.41) is 17.9. The molecule has 1 aliphatic carbocycles. The van der Waals surface area contributed by atoms with E-state index in [0.29, 0.717) is 47.4 Å². The summed E-state index contributed by atoms with van der Waals surface area (Å²) >= 11 is 0. The Morgan fingerprint density at radius 1 is 1.25 bits per heavy atom. The average molecular weight is 494 g/mol. The Morgan fingerprint density at radius 2 is 2.06 bits per heavy atom. The van der Waals surface area contributed by atoms with E-state index < -0.39 is 12.0 Å². The van der Waals surface area contributed by atoms with Crippen molar-refractivity contribution in [2.24, 2.45) is 11.5 Å². The number of carbonyl (C=O) groups excluding carboxylic acids is 1. The molecule has 0 aliphatic heterocycles. The summed E-state index contributed by atoms with van der Waals surface area (Å²) in [5.41, 5.74) is 16.6. The molecule has 0 radical (unpaired) electrons. The maximum atomic E-state index is 11.9. The van der Waals surface area contributed by atoms with E-state index in [1.807, 2.05) is 24.3 Å². The molecule has 1 amide bonds. The molecular weight excluding hydrogens is 458 g/mol. The molecule has 0 bridgehead atoms. The van der Waals surface area contributed by atoms with Crippen LogP contribution in [0, 0.1) is 0 Å². The molecule has 3 aromatic rings. The number of aliphatic hydroxyl groups excluding tert-OH is 1. The lowest BCUT2D eigenvalue weighted by Crippen LogP contribution is -2.32. The summed E-state index contributed by atoms with van der Waals surface area (Å²) in [4.78, 5) is 16.4. The highest BCUT2D eigenvalue weighted by molar-refractivity contribution is 5.98. The van der Waals surface area contributed by atoms with E-state index in [9.17, 15) is 9.90 Å². The first kappa shape index (κ1) is 25.7. The lowest BCUT2D eigenvalue weighted by molar-refractivity contribution is -0.117. The number of rotatable bonds is 13. The van der Waals surface area contributed by atoms with Crippen molar-refractivity contribution in [3.63, 3.8) is 0 Å². The van der Waals surface area contributed by atoms with Gasteiger partial charge in [-0.1, -0.05) is 19.1 Å². The molecule has 1 heterocycles. The Kier molecular flexibility index (Phi) is 8.25. The predicted octanol–water partition coefficient (Wildman–Crippen LogP) is 2.53. The summed E-state index contributed by atoms with van der Waals surface area (Å²) in [6.45, 7) is 3.08. The molecule has 0 spiro atoms. The van der Waals surface area contributed by atoms with E-state index in [2.05, 4.69) is 22.5 Å². The van der Waals surface area contributed by atoms with Crippen molar-refractivity contribution in [2.75, 3.05) is 25.6 Å². The number of hydrogen-bond acceptors (Lipinski definition) is 8. The van der Waals surface area contributed by atoms with Crippen LogP contribution in [0.3, 0.4) is 0 Å². The smallest absolute Gasteiger partial charge is 0.221 e. The number of nitrogens with two attached hydrogens (primary N) is 2. The third-order valence-corrected chi connectivity index (χ3v) is 6.35. The van der Waals surface area contributed by atoms with Gasteiger partial charge in [-0.2, -0.15) is 0 Å². The zero-order valence-corrected chi connectivity index (χ0v) is 20.8. The number of fused-ring (bicyclic) bond motifs is 1. The highest BCUT2D eigenvalue weighted by Gasteiger charge is 2.22. The van der Waals surface area contributed by atoms with Crippen LogP contribution >= 0.6 is 0 Å². The van der Waals surface area contributed by atoms with Gasteiger partial charge in [0.25, 0.3) is 0 Å². The van der Waals surface area contributed by atoms with E-state index in [-0.39, 0.29) is 13.0 Å². The van der Waals surface area contributed by atoms with Crippen LogP contribution < -0.4 is 31.6 Å². The molecule has 7 N–H and O–H groups in total. The molecule has 1 aromatic heterocycles. The molecule has 36 heavy (non-hydrogen) atoms. The van der Waals surface area contributed by atoms with Gasteiger partial charge in [0.1, 0.15) is 12.7 Å². The highest BCUT2D eigenvalue weighted by atomic mass is 16.5. The van der Waals surface area contributed by atoms with Crippen molar-refractivity contribution < 1.29 is 19.4 Å². The van der Waals surface area contributed by atoms with Gasteiger partial charge in [-0.3, -0.25) is 9.78 Å². The molecule has 4 rings (SSSR count). The number of methoxy groups -OCH3 is 1. The zero-order chi connectivity index (χ0) is 25.7. The second-order valence-corrected chi connectivity index (χ2v) is 9.10. The minimum atomic E-state index is -0.658. The third kappa shape index (κ3) is 6.04. The van der Waals surface area contributed by atoms with Crippen LogP contribution in [-0.2, 0) is 24.2 Å². The lowest BCUT2D eigenvalue weighted by Gasteiger charge is -2.20. The highest BCUT2D eigenvalue weighted by Crippen LogP contribution is 2.38. The molecule has 1 atom stereocenters. The first-order valence-corrected chi connectivity index (χ1v) is 12.3. The number of pyridine rings is 1. The normalized spacial score (nSPS) is 14.0. The molecule has 1 aliphatic rings. The monoisotopic (exact) mass is 493 g/mol. The maximum absolute atomic E-state index is 11.9. The summed E-state index contributed by atoms with van der Waals surface area (Å²) < 4.78 is 11.5. The Labute approximate surface area is 211 Å². The quantitative estimate of drug-likeness (QED) is 0.244. The average Bonchev–Trinajstić information content (AvgIpc) is 3.71. The number of ether oxygens (including phenoxy) is 2. The van der Waals surface area contributed by atoms with E-state index in [1.54, 1.807) is 19.4 Å². The van der Waals surface area contributed by atoms with Crippen LogP contribution in [0.4, 0.5) is 11.4 Å². The molecular formula is C27H35N5O4. The van der Waals surface area contributed by atoms with E-state index in [0.717, 1.165) is 41.5 Å². The van der Waals surface area contributed by atoms with Gasteiger partial charge in [0.2, 0.25) is 5.91 Å². The van der Waals surface area contributed by atoms with E-state index >= 15 is 0 Å². The van der Waals surface area contributed by atoms with Crippen LogP contribution in [-0.4, -0.2) is 48.4 Å². The first-order valence-electron chi connectivity index (χ1n) is 12.3. The number of aliphatic hydroxyl groups is 1. The number of benzene rings is 2. The van der Waals surface area contributed by atoms with Gasteiger partial charge in [0.05, 0.1) is 24.7 Å². The molecule has 0 saturated heterocycles. The maximum Gasteiger partial charge on any atom is 0.221 e. The standard InChI is InChI=1S/C27H35N5O4/c1-3-20-16(12-28)5-4-6-22(20)32-27-17(9-26(29)34)13-31-23-11-24(35-2)25(10-21(23)27)36-15-19(33)14-30-18-7-8-18/h4-6,10-11,13,18-19,30,33H,3,7-9,12,14-15,28H2,1-2H3,(H2,29,34)(H,31,32). The van der Waals surface area contributed by atoms with Gasteiger partial charge in [-0.05, 0) is 42.5 Å². The van der Waals surface area contributed by atoms with Gasteiger partial charge in [-0.25, -0.2) is 0 Å². The molecule has 192 valence electrons. The Hall–Kier alpha value is -3.40. The van der Waals surface area contributed by atoms with E-state index in [1.165, 1.54) is 0 Å². The van der Waals surface area contributed by atoms with Crippen molar-refractivity contribution >= 4 is 28.2 Å². The fraction of sp³-hybridized carbons (Fsp3) is 0.407. The van der Waals surface area contributed by atoms with Crippen LogP contribution in [0.1, 0.15) is 36.5 Å². The number of nitrogens with zero attached hydrogens (tertiary/aromatic N) is 1. The van der Waals surface area contributed by atoms with Gasteiger partial charge < -0.3 is 36.7 Å². The Morgan fingerprint density at radius 3 is 2.72 bits per heavy atom. The molecule has 9 heteroatoms. The van der Waals surface area contributed by atoms with Crippen molar-refractivity contribution in [3.8, 4) is 11.5 Å². The van der Waals surface area contributed by atoms with Crippen molar-refractivity contribution in [1.29, 1.82) is 0 Å². The summed E-state index contributed by atoms with van der Waals surface area (Å²) in [7, 11) is 1.56. The summed E-state index contributed by atoms with van der Waals surface area (Å²) in [6, 6.07) is 10.1. The minimum absolute atomic E-state index is 0.0249. The summed E-state index contributed by atoms with van der Waals surface area (Å²) in [5.74, 6) is 0.523. The molecule has 9 nitrogen and oxygen atoms in total. The van der Waals surface area contributed by atoms with Crippen molar-refractivity contribution in [3.05, 3.63) is 53.2 Å². The predicted molar refractivity (Wildman–Crippen MR) is 141 cm³/mol. The number of carbonyl (C=O) groups is 1. The van der Waals surface area contributed by atoms with E-state index in [4.69, 9.17) is 20.9 Å². The van der Waals surface area contributed by atoms with Gasteiger partial charge in [0.15, 0.2) is 11.5 Å². The Balaban J connectivity index is 1.73. The number of hydrogen-bond donors (Lipinski definition) is 5. The molecule has 1 saturated carbocycles. The zero-order valence-electron chi connectivity index (χ0n) is 20.8. The SMILES string of the molecule is CCc1c(CN)cccc1Nc1c(CC(N)=O)cnc2cc(OC)c(OCC(O)CNC3CC3)cc12. The van der Waals surface area contributed by atoms with Crippen molar-refractivity contribution in [2.45, 2.75) is 51.3 Å². The van der Waals surface area contributed by atoms with Gasteiger partial charge in [0, 0.05) is 48.0 Å². The second kappa shape index (κ2) is 11.6. The third-order valence-electron chi connectivity index (χ3n) is 6.35. The molecule has 2 aromatic carbocycles. The van der Waals surface area contributed by atoms with Crippen molar-refractivity contribution in [1.82, 2.24) is 10.3 Å². The van der Waals surface area contributed by atoms with Gasteiger partial charge in [-0.15, -0.1) is 0 Å². The summed E-state index contributed by atoms with van der Waals surface area (Å²) in [6.07, 6.45) is 4.11. The number of amides is 1. The number of anilines is 2. The minimum Gasteiger partial charge on any atom is -0.493 e. The van der Waals surface area contributed by atoms with Crippen LogP contribution in [0.2, 0.25) is 0 Å². The van der Waals surface area contributed by atoms with Crippen LogP contribution in [0.5, 0.6) is 11.5 Å². The number of primary amides is 1. The lowest BCUT2D eigenvalue weighted by atomic mass is 10.0. The second-order valence-electron chi connectivity index (χ2n) is 9.10. The van der Waals surface area contributed by atoms with Crippen LogP contribution in [0.15, 0.2) is 36.5 Å². The fourth-order valence-electron chi connectivity index (χ4n) is 4.31. The number of nitrogens with one attached hydrogen (secondary N) is 2. The molecule has 1 unspecified atom stereocenters. The molecule has 1 fully saturated rings. The van der Waals surface area contributed by atoms with Crippen LogP contribution in [0.25, 0.3) is 10.9 Å². The largest absolute Gasteiger partial charge is 0.493 e. The Bertz CT molecular complexity index is 1230.